The third-order valence-corrected chi connectivity index (χ3v) is 4.49. The van der Waals surface area contributed by atoms with Gasteiger partial charge in [-0.3, -0.25) is 4.79 Å². The third kappa shape index (κ3) is 5.27. The molecule has 0 aromatic heterocycles. The van der Waals surface area contributed by atoms with E-state index in [4.69, 9.17) is 11.6 Å². The summed E-state index contributed by atoms with van der Waals surface area (Å²) in [5.74, 6) is 0.00397. The third-order valence-electron chi connectivity index (χ3n) is 4.17. The van der Waals surface area contributed by atoms with Gasteiger partial charge in [-0.25, -0.2) is 4.79 Å². The van der Waals surface area contributed by atoms with Crippen LogP contribution in [0.3, 0.4) is 0 Å². The average molecular weight is 392 g/mol. The zero-order chi connectivity index (χ0) is 19.5. The Morgan fingerprint density at radius 3 is 2.38 bits per heavy atom. The summed E-state index contributed by atoms with van der Waals surface area (Å²) in [6.45, 7) is 4.76. The molecule has 0 aliphatic carbocycles. The number of rotatable bonds is 3. The Hall–Kier alpha value is -1.96. The Balaban J connectivity index is 1.89. The van der Waals surface area contributed by atoms with Crippen molar-refractivity contribution in [3.8, 4) is 0 Å². The van der Waals surface area contributed by atoms with E-state index in [2.05, 4.69) is 10.6 Å². The maximum absolute atomic E-state index is 12.9. The van der Waals surface area contributed by atoms with Crippen molar-refractivity contribution in [3.63, 3.8) is 0 Å². The van der Waals surface area contributed by atoms with Crippen LogP contribution in [0.5, 0.6) is 0 Å². The van der Waals surface area contributed by atoms with Gasteiger partial charge in [0.15, 0.2) is 0 Å². The fourth-order valence-corrected chi connectivity index (χ4v) is 3.01. The van der Waals surface area contributed by atoms with E-state index in [9.17, 15) is 22.8 Å². The highest BCUT2D eigenvalue weighted by Crippen LogP contribution is 2.36. The Labute approximate surface area is 154 Å². The van der Waals surface area contributed by atoms with Gasteiger partial charge in [-0.1, -0.05) is 25.4 Å². The molecule has 5 nitrogen and oxygen atoms in total. The first kappa shape index (κ1) is 20.4. The van der Waals surface area contributed by atoms with Gasteiger partial charge in [-0.05, 0) is 31.0 Å². The summed E-state index contributed by atoms with van der Waals surface area (Å²) in [4.78, 5) is 25.7. The maximum Gasteiger partial charge on any atom is 0.417 e. The largest absolute Gasteiger partial charge is 0.417 e. The second-order valence-corrected chi connectivity index (χ2v) is 6.95. The van der Waals surface area contributed by atoms with Gasteiger partial charge in [0.05, 0.1) is 10.6 Å². The lowest BCUT2D eigenvalue weighted by Gasteiger charge is -2.33. The van der Waals surface area contributed by atoms with Crippen molar-refractivity contribution in [1.29, 1.82) is 0 Å². The van der Waals surface area contributed by atoms with Crippen LogP contribution in [0.4, 0.5) is 23.7 Å². The van der Waals surface area contributed by atoms with Crippen LogP contribution in [0.25, 0.3) is 0 Å². The summed E-state index contributed by atoms with van der Waals surface area (Å²) in [7, 11) is 0. The molecule has 1 heterocycles. The molecule has 0 spiro atoms. The molecule has 0 saturated carbocycles. The molecule has 0 bridgehead atoms. The average Bonchev–Trinajstić information content (AvgIpc) is 2.55. The second kappa shape index (κ2) is 8.16. The lowest BCUT2D eigenvalue weighted by Crippen LogP contribution is -2.48. The van der Waals surface area contributed by atoms with Gasteiger partial charge >= 0.3 is 12.2 Å². The Bertz CT molecular complexity index is 672. The van der Waals surface area contributed by atoms with Crippen LogP contribution in [0.1, 0.15) is 32.3 Å². The van der Waals surface area contributed by atoms with Crippen LogP contribution in [0.2, 0.25) is 5.02 Å². The van der Waals surface area contributed by atoms with E-state index >= 15 is 0 Å². The molecule has 3 amide bonds. The van der Waals surface area contributed by atoms with Crippen molar-refractivity contribution in [1.82, 2.24) is 10.2 Å². The number of nitrogens with one attached hydrogen (secondary N) is 2. The Morgan fingerprint density at radius 2 is 1.85 bits per heavy atom. The van der Waals surface area contributed by atoms with Gasteiger partial charge in [-0.15, -0.1) is 0 Å². The summed E-state index contributed by atoms with van der Waals surface area (Å²) < 4.78 is 38.6. The first-order valence-corrected chi connectivity index (χ1v) is 8.68. The first-order valence-electron chi connectivity index (χ1n) is 8.31. The molecular formula is C17H21ClF3N3O2. The van der Waals surface area contributed by atoms with Gasteiger partial charge in [0.25, 0.3) is 0 Å². The number of amides is 3. The Morgan fingerprint density at radius 1 is 1.23 bits per heavy atom. The summed E-state index contributed by atoms with van der Waals surface area (Å²) in [6.07, 6.45) is -3.40. The zero-order valence-electron chi connectivity index (χ0n) is 14.5. The minimum atomic E-state index is -4.60. The molecule has 1 aliphatic rings. The second-order valence-electron chi connectivity index (χ2n) is 6.55. The van der Waals surface area contributed by atoms with E-state index in [1.807, 2.05) is 13.8 Å². The molecule has 0 radical (unpaired) electrons. The van der Waals surface area contributed by atoms with Crippen LogP contribution in [0.15, 0.2) is 18.2 Å². The molecule has 0 atom stereocenters. The molecule has 1 fully saturated rings. The van der Waals surface area contributed by atoms with Gasteiger partial charge in [0.2, 0.25) is 5.91 Å². The van der Waals surface area contributed by atoms with Crippen molar-refractivity contribution >= 4 is 29.2 Å². The van der Waals surface area contributed by atoms with Gasteiger partial charge in [-0.2, -0.15) is 13.2 Å². The smallest absolute Gasteiger partial charge is 0.342 e. The number of halogens is 4. The fourth-order valence-electron chi connectivity index (χ4n) is 2.78. The topological polar surface area (TPSA) is 61.4 Å². The van der Waals surface area contributed by atoms with Crippen LogP contribution in [0, 0.1) is 5.92 Å². The quantitative estimate of drug-likeness (QED) is 0.814. The summed E-state index contributed by atoms with van der Waals surface area (Å²) in [5, 5.41) is 4.69. The highest BCUT2D eigenvalue weighted by molar-refractivity contribution is 6.31. The van der Waals surface area contributed by atoms with Crippen LogP contribution in [-0.4, -0.2) is 36.0 Å². The summed E-state index contributed by atoms with van der Waals surface area (Å²) in [5.41, 5.74) is -0.996. The van der Waals surface area contributed by atoms with Crippen LogP contribution in [-0.2, 0) is 11.0 Å². The molecule has 144 valence electrons. The number of nitrogens with zero attached hydrogens (tertiary/aromatic N) is 1. The van der Waals surface area contributed by atoms with Crippen molar-refractivity contribution < 1.29 is 22.8 Å². The molecule has 9 heteroatoms. The number of alkyl halides is 3. The minimum absolute atomic E-state index is 0.00615. The lowest BCUT2D eigenvalue weighted by molar-refractivity contribution is -0.137. The predicted octanol–water partition coefficient (Wildman–Crippen LogP) is 4.13. The fraction of sp³-hybridized carbons (Fsp3) is 0.529. The van der Waals surface area contributed by atoms with Crippen molar-refractivity contribution in [2.45, 2.75) is 38.9 Å². The monoisotopic (exact) mass is 391 g/mol. The van der Waals surface area contributed by atoms with Gasteiger partial charge < -0.3 is 15.5 Å². The van der Waals surface area contributed by atoms with Gasteiger partial charge in [0.1, 0.15) is 0 Å². The van der Waals surface area contributed by atoms with E-state index in [-0.39, 0.29) is 23.6 Å². The van der Waals surface area contributed by atoms with E-state index < -0.39 is 22.8 Å². The van der Waals surface area contributed by atoms with Crippen LogP contribution < -0.4 is 10.6 Å². The molecular weight excluding hydrogens is 371 g/mol. The predicted molar refractivity (Wildman–Crippen MR) is 93.0 cm³/mol. The van der Waals surface area contributed by atoms with Gasteiger partial charge in [0, 0.05) is 30.7 Å². The number of likely N-dealkylation sites (tertiary alicyclic amines) is 1. The number of hydrogen-bond donors (Lipinski definition) is 2. The highest BCUT2D eigenvalue weighted by atomic mass is 35.5. The van der Waals surface area contributed by atoms with E-state index in [1.54, 1.807) is 4.90 Å². The molecule has 1 aromatic rings. The minimum Gasteiger partial charge on any atom is -0.342 e. The SMILES string of the molecule is CC(C)C(=O)N1CCC(NC(=O)Nc2ccc(Cl)c(C(F)(F)F)c2)CC1. The number of piperidine rings is 1. The van der Waals surface area contributed by atoms with Crippen molar-refractivity contribution in [2.24, 2.45) is 5.92 Å². The highest BCUT2D eigenvalue weighted by Gasteiger charge is 2.33. The molecule has 0 unspecified atom stereocenters. The lowest BCUT2D eigenvalue weighted by atomic mass is 10.0. The van der Waals surface area contributed by atoms with Crippen molar-refractivity contribution in [2.75, 3.05) is 18.4 Å². The van der Waals surface area contributed by atoms with E-state index in [0.717, 1.165) is 12.1 Å². The molecule has 2 N–H and O–H groups in total. The molecule has 1 aromatic carbocycles. The number of carbonyl (C=O) groups excluding carboxylic acids is 2. The van der Waals surface area contributed by atoms with Crippen LogP contribution >= 0.6 is 11.6 Å². The zero-order valence-corrected chi connectivity index (χ0v) is 15.2. The van der Waals surface area contributed by atoms with E-state index in [1.165, 1.54) is 6.07 Å². The van der Waals surface area contributed by atoms with E-state index in [0.29, 0.717) is 25.9 Å². The molecule has 26 heavy (non-hydrogen) atoms. The standard InChI is InChI=1S/C17H21ClF3N3O2/c1-10(2)15(25)24-7-5-11(6-8-24)22-16(26)23-12-3-4-14(18)13(9-12)17(19,20)21/h3-4,9-11H,5-8H2,1-2H3,(H2,22,23,26). The number of anilines is 1. The number of benzene rings is 1. The number of carbonyl (C=O) groups is 2. The number of urea groups is 1. The number of hydrogen-bond acceptors (Lipinski definition) is 2. The maximum atomic E-state index is 12.9. The Kier molecular flexibility index (Phi) is 6.39. The molecule has 2 rings (SSSR count). The first-order chi connectivity index (χ1) is 12.1. The summed E-state index contributed by atoms with van der Waals surface area (Å²) >= 11 is 5.55. The van der Waals surface area contributed by atoms with Crippen molar-refractivity contribution in [3.05, 3.63) is 28.8 Å². The molecule has 1 aliphatic heterocycles. The molecule has 1 saturated heterocycles. The summed E-state index contributed by atoms with van der Waals surface area (Å²) in [6, 6.07) is 2.47. The normalized spacial score (nSPS) is 15.9.